The van der Waals surface area contributed by atoms with Crippen LogP contribution in [0.15, 0.2) is 11.4 Å². The van der Waals surface area contributed by atoms with Crippen LogP contribution in [-0.4, -0.2) is 6.54 Å². The first-order valence-electron chi connectivity index (χ1n) is 9.03. The van der Waals surface area contributed by atoms with Gasteiger partial charge in [0.15, 0.2) is 0 Å². The Balaban J connectivity index is 1.62. The summed E-state index contributed by atoms with van der Waals surface area (Å²) >= 11 is 1.99. The predicted octanol–water partition coefficient (Wildman–Crippen LogP) is 5.17. The van der Waals surface area contributed by atoms with Crippen molar-refractivity contribution in [1.82, 2.24) is 5.32 Å². The predicted molar refractivity (Wildman–Crippen MR) is 90.6 cm³/mol. The van der Waals surface area contributed by atoms with Crippen molar-refractivity contribution < 1.29 is 0 Å². The second-order valence-corrected chi connectivity index (χ2v) is 8.86. The largest absolute Gasteiger partial charge is 0.309 e. The molecule has 1 N–H and O–H groups in total. The van der Waals surface area contributed by atoms with Crippen LogP contribution in [0.25, 0.3) is 0 Å². The lowest BCUT2D eigenvalue weighted by atomic mass is 9.50. The molecule has 0 radical (unpaired) electrons. The molecule has 116 valence electrons. The van der Waals surface area contributed by atoms with Crippen molar-refractivity contribution >= 4 is 11.3 Å². The molecule has 4 fully saturated rings. The standard InChI is InChI=1S/C19H29NS/c1-3-5-20-18(19-12(2)4-6-21-19)17-15-8-13-7-14(10-15)11-16(17)9-13/h4,6,13-18,20H,3,5,7-11H2,1-2H3. The molecule has 1 heterocycles. The topological polar surface area (TPSA) is 12.0 Å². The summed E-state index contributed by atoms with van der Waals surface area (Å²) in [5, 5.41) is 6.24. The molecule has 0 spiro atoms. The maximum absolute atomic E-state index is 3.95. The molecule has 4 aliphatic rings. The summed E-state index contributed by atoms with van der Waals surface area (Å²) < 4.78 is 0. The lowest BCUT2D eigenvalue weighted by Gasteiger charge is -2.56. The van der Waals surface area contributed by atoms with E-state index in [2.05, 4.69) is 30.6 Å². The lowest BCUT2D eigenvalue weighted by Crippen LogP contribution is -2.49. The number of rotatable bonds is 5. The van der Waals surface area contributed by atoms with Gasteiger partial charge in [0.25, 0.3) is 0 Å². The Morgan fingerprint density at radius 1 is 1.14 bits per heavy atom. The molecule has 0 saturated heterocycles. The van der Waals surface area contributed by atoms with Crippen LogP contribution in [0.2, 0.25) is 0 Å². The van der Waals surface area contributed by atoms with E-state index in [4.69, 9.17) is 0 Å². The molecular weight excluding hydrogens is 274 g/mol. The Morgan fingerprint density at radius 2 is 1.81 bits per heavy atom. The van der Waals surface area contributed by atoms with Gasteiger partial charge in [-0.3, -0.25) is 0 Å². The van der Waals surface area contributed by atoms with Crippen LogP contribution in [-0.2, 0) is 0 Å². The van der Waals surface area contributed by atoms with Crippen molar-refractivity contribution in [1.29, 1.82) is 0 Å². The Bertz CT molecular complexity index is 464. The molecule has 5 rings (SSSR count). The Labute approximate surface area is 133 Å². The summed E-state index contributed by atoms with van der Waals surface area (Å²) in [5.74, 6) is 5.11. The van der Waals surface area contributed by atoms with Gasteiger partial charge in [-0.25, -0.2) is 0 Å². The number of thiophene rings is 1. The van der Waals surface area contributed by atoms with Gasteiger partial charge >= 0.3 is 0 Å². The average molecular weight is 304 g/mol. The Morgan fingerprint density at radius 3 is 2.33 bits per heavy atom. The molecule has 4 saturated carbocycles. The molecule has 0 aliphatic heterocycles. The zero-order valence-corrected chi connectivity index (χ0v) is 14.3. The van der Waals surface area contributed by atoms with Crippen LogP contribution in [0.1, 0.15) is 61.9 Å². The van der Waals surface area contributed by atoms with Gasteiger partial charge in [0, 0.05) is 10.9 Å². The van der Waals surface area contributed by atoms with Crippen molar-refractivity contribution in [3.05, 3.63) is 21.9 Å². The lowest BCUT2D eigenvalue weighted by molar-refractivity contribution is -0.0520. The van der Waals surface area contributed by atoms with E-state index in [9.17, 15) is 0 Å². The van der Waals surface area contributed by atoms with Gasteiger partial charge in [-0.2, -0.15) is 0 Å². The van der Waals surface area contributed by atoms with Gasteiger partial charge in [-0.1, -0.05) is 6.92 Å². The molecule has 1 aromatic rings. The SMILES string of the molecule is CCCNC(c1sccc1C)C1C2CC3CC(C2)CC1C3. The smallest absolute Gasteiger partial charge is 0.0451 e. The van der Waals surface area contributed by atoms with E-state index < -0.39 is 0 Å². The van der Waals surface area contributed by atoms with Crippen LogP contribution in [0.5, 0.6) is 0 Å². The zero-order valence-electron chi connectivity index (χ0n) is 13.5. The minimum absolute atomic E-state index is 0.639. The van der Waals surface area contributed by atoms with E-state index in [1.807, 2.05) is 11.3 Å². The summed E-state index contributed by atoms with van der Waals surface area (Å²) in [5.41, 5.74) is 1.52. The first kappa shape index (κ1) is 14.3. The van der Waals surface area contributed by atoms with E-state index in [0.29, 0.717) is 6.04 Å². The molecular formula is C19H29NS. The van der Waals surface area contributed by atoms with E-state index in [-0.39, 0.29) is 0 Å². The highest BCUT2D eigenvalue weighted by Crippen LogP contribution is 2.59. The van der Waals surface area contributed by atoms with Crippen molar-refractivity contribution in [2.24, 2.45) is 29.6 Å². The highest BCUT2D eigenvalue weighted by atomic mass is 32.1. The zero-order chi connectivity index (χ0) is 14.4. The van der Waals surface area contributed by atoms with Gasteiger partial charge in [0.2, 0.25) is 0 Å². The monoisotopic (exact) mass is 303 g/mol. The molecule has 1 aromatic heterocycles. The number of aryl methyl sites for hydroxylation is 1. The van der Waals surface area contributed by atoms with Gasteiger partial charge in [-0.05, 0) is 98.6 Å². The first-order chi connectivity index (χ1) is 10.3. The van der Waals surface area contributed by atoms with Gasteiger partial charge in [0.05, 0.1) is 0 Å². The third-order valence-electron chi connectivity index (χ3n) is 6.48. The number of nitrogens with one attached hydrogen (secondary N) is 1. The molecule has 21 heavy (non-hydrogen) atoms. The Hall–Kier alpha value is -0.340. The van der Waals surface area contributed by atoms with Crippen LogP contribution in [0, 0.1) is 36.5 Å². The second kappa shape index (κ2) is 5.70. The molecule has 4 bridgehead atoms. The maximum atomic E-state index is 3.95. The third kappa shape index (κ3) is 2.49. The normalized spacial score (nSPS) is 38.9. The van der Waals surface area contributed by atoms with Crippen LogP contribution < -0.4 is 5.32 Å². The molecule has 0 amide bonds. The molecule has 1 nitrogen and oxygen atoms in total. The van der Waals surface area contributed by atoms with Crippen molar-refractivity contribution in [2.75, 3.05) is 6.54 Å². The van der Waals surface area contributed by atoms with Gasteiger partial charge in [-0.15, -0.1) is 11.3 Å². The highest BCUT2D eigenvalue weighted by Gasteiger charge is 2.50. The van der Waals surface area contributed by atoms with Crippen molar-refractivity contribution in [3.63, 3.8) is 0 Å². The molecule has 2 heteroatoms. The third-order valence-corrected chi connectivity index (χ3v) is 7.58. The van der Waals surface area contributed by atoms with E-state index in [1.165, 1.54) is 44.2 Å². The van der Waals surface area contributed by atoms with Crippen molar-refractivity contribution in [3.8, 4) is 0 Å². The number of hydrogen-bond acceptors (Lipinski definition) is 2. The molecule has 1 unspecified atom stereocenters. The fraction of sp³-hybridized carbons (Fsp3) is 0.789. The van der Waals surface area contributed by atoms with Crippen LogP contribution >= 0.6 is 11.3 Å². The average Bonchev–Trinajstić information content (AvgIpc) is 2.87. The molecule has 4 aliphatic carbocycles. The number of hydrogen-bond donors (Lipinski definition) is 1. The van der Waals surface area contributed by atoms with Crippen LogP contribution in [0.4, 0.5) is 0 Å². The summed E-state index contributed by atoms with van der Waals surface area (Å²) in [7, 11) is 0. The summed E-state index contributed by atoms with van der Waals surface area (Å²) in [6.45, 7) is 5.77. The quantitative estimate of drug-likeness (QED) is 0.791. The van der Waals surface area contributed by atoms with Crippen molar-refractivity contribution in [2.45, 2.75) is 58.4 Å². The summed E-state index contributed by atoms with van der Waals surface area (Å²) in [6, 6.07) is 2.96. The van der Waals surface area contributed by atoms with Gasteiger partial charge in [0.1, 0.15) is 0 Å². The van der Waals surface area contributed by atoms with E-state index in [1.54, 1.807) is 11.3 Å². The van der Waals surface area contributed by atoms with Crippen LogP contribution in [0.3, 0.4) is 0 Å². The summed E-state index contributed by atoms with van der Waals surface area (Å²) in [4.78, 5) is 1.64. The maximum Gasteiger partial charge on any atom is 0.0451 e. The van der Waals surface area contributed by atoms with E-state index >= 15 is 0 Å². The Kier molecular flexibility index (Phi) is 3.87. The molecule has 1 atom stereocenters. The minimum Gasteiger partial charge on any atom is -0.309 e. The fourth-order valence-electron chi connectivity index (χ4n) is 5.92. The first-order valence-corrected chi connectivity index (χ1v) is 9.91. The fourth-order valence-corrected chi connectivity index (χ4v) is 6.98. The highest BCUT2D eigenvalue weighted by molar-refractivity contribution is 7.10. The summed E-state index contributed by atoms with van der Waals surface area (Å²) in [6.07, 6.45) is 8.94. The van der Waals surface area contributed by atoms with E-state index in [0.717, 1.165) is 29.6 Å². The van der Waals surface area contributed by atoms with Gasteiger partial charge < -0.3 is 5.32 Å². The minimum atomic E-state index is 0.639. The second-order valence-electron chi connectivity index (χ2n) is 7.91. The molecule has 0 aromatic carbocycles.